The average Bonchev–Trinajstić information content (AvgIpc) is 2.74. The van der Waals surface area contributed by atoms with Crippen molar-refractivity contribution < 1.29 is 22.8 Å². The smallest absolute Gasteiger partial charge is 0.368 e. The van der Waals surface area contributed by atoms with Crippen LogP contribution in [0, 0.1) is 0 Å². The van der Waals surface area contributed by atoms with Crippen molar-refractivity contribution in [3.05, 3.63) is 107 Å². The van der Waals surface area contributed by atoms with Crippen molar-refractivity contribution in [1.29, 1.82) is 0 Å². The van der Waals surface area contributed by atoms with Gasteiger partial charge in [-0.15, -0.1) is 0 Å². The molecule has 0 spiro atoms. The van der Waals surface area contributed by atoms with Gasteiger partial charge in [-0.2, -0.15) is 13.2 Å². The first kappa shape index (κ1) is 21.1. The maximum absolute atomic E-state index is 13.0. The number of carbonyl (C=O) groups excluding carboxylic acids is 2. The predicted octanol–water partition coefficient (Wildman–Crippen LogP) is 4.12. The number of amides is 2. The van der Waals surface area contributed by atoms with Crippen molar-refractivity contribution in [3.63, 3.8) is 0 Å². The van der Waals surface area contributed by atoms with Gasteiger partial charge < -0.3 is 11.1 Å². The number of carbonyl (C=O) groups is 2. The van der Waals surface area contributed by atoms with Crippen LogP contribution in [0.3, 0.4) is 0 Å². The quantitative estimate of drug-likeness (QED) is 0.639. The Morgan fingerprint density at radius 3 is 1.80 bits per heavy atom. The Kier molecular flexibility index (Phi) is 6.20. The molecule has 0 aliphatic rings. The van der Waals surface area contributed by atoms with E-state index in [-0.39, 0.29) is 5.56 Å². The van der Waals surface area contributed by atoms with Crippen LogP contribution in [0.4, 0.5) is 13.2 Å². The molecule has 0 bridgehead atoms. The number of halogens is 3. The van der Waals surface area contributed by atoms with Crippen molar-refractivity contribution >= 4 is 11.8 Å². The first-order valence-corrected chi connectivity index (χ1v) is 9.14. The summed E-state index contributed by atoms with van der Waals surface area (Å²) in [4.78, 5) is 25.0. The summed E-state index contributed by atoms with van der Waals surface area (Å²) in [7, 11) is 0. The van der Waals surface area contributed by atoms with Crippen LogP contribution in [0.15, 0.2) is 84.9 Å². The summed E-state index contributed by atoms with van der Waals surface area (Å²) in [6, 6.07) is 20.8. The zero-order valence-corrected chi connectivity index (χ0v) is 15.8. The minimum absolute atomic E-state index is 0.212. The third-order valence-electron chi connectivity index (χ3n) is 4.70. The van der Waals surface area contributed by atoms with Crippen LogP contribution in [-0.4, -0.2) is 17.9 Å². The fraction of sp³-hybridized carbons (Fsp3) is 0.130. The molecular formula is C23H19F3N2O2. The summed E-state index contributed by atoms with van der Waals surface area (Å²) in [6.45, 7) is 0. The molecule has 4 nitrogen and oxygen atoms in total. The highest BCUT2D eigenvalue weighted by Crippen LogP contribution is 2.30. The topological polar surface area (TPSA) is 72.2 Å². The number of hydrogen-bond acceptors (Lipinski definition) is 2. The highest BCUT2D eigenvalue weighted by molar-refractivity contribution is 5.98. The Morgan fingerprint density at radius 1 is 0.800 bits per heavy atom. The summed E-state index contributed by atoms with van der Waals surface area (Å²) < 4.78 is 39.0. The number of benzene rings is 3. The van der Waals surface area contributed by atoms with Gasteiger partial charge in [0, 0.05) is 11.5 Å². The lowest BCUT2D eigenvalue weighted by Crippen LogP contribution is -2.48. The van der Waals surface area contributed by atoms with Gasteiger partial charge in [-0.25, -0.2) is 0 Å². The third-order valence-corrected chi connectivity index (χ3v) is 4.70. The van der Waals surface area contributed by atoms with Gasteiger partial charge in [0.25, 0.3) is 5.91 Å². The summed E-state index contributed by atoms with van der Waals surface area (Å²) in [5, 5.41) is 2.53. The Hall–Kier alpha value is -3.61. The van der Waals surface area contributed by atoms with Gasteiger partial charge in [0.15, 0.2) is 0 Å². The van der Waals surface area contributed by atoms with E-state index in [0.717, 1.165) is 29.3 Å². The van der Waals surface area contributed by atoms with E-state index in [1.807, 2.05) is 12.1 Å². The molecule has 0 aromatic heterocycles. The number of primary amides is 1. The Balaban J connectivity index is 1.97. The summed E-state index contributed by atoms with van der Waals surface area (Å²) in [5.74, 6) is -2.23. The van der Waals surface area contributed by atoms with Gasteiger partial charge in [0.2, 0.25) is 5.91 Å². The molecule has 3 rings (SSSR count). The van der Waals surface area contributed by atoms with E-state index in [2.05, 4.69) is 5.32 Å². The molecule has 0 radical (unpaired) electrons. The molecule has 3 N–H and O–H groups in total. The second kappa shape index (κ2) is 8.82. The normalized spacial score (nSPS) is 12.4. The van der Waals surface area contributed by atoms with Crippen molar-refractivity contribution in [2.75, 3.05) is 0 Å². The van der Waals surface area contributed by atoms with E-state index in [0.29, 0.717) is 0 Å². The van der Waals surface area contributed by atoms with Crippen LogP contribution in [0.5, 0.6) is 0 Å². The standard InChI is InChI=1S/C23H19F3N2O2/c24-23(25,26)18-13-7-12-17(14-18)22(30)28-20(21(27)29)19(15-8-3-1-4-9-15)16-10-5-2-6-11-16/h1-14,19-20H,(H2,27,29)(H,28,30)/t20-/m1/s1. The van der Waals surface area contributed by atoms with E-state index in [1.165, 1.54) is 6.07 Å². The van der Waals surface area contributed by atoms with Gasteiger partial charge >= 0.3 is 6.18 Å². The van der Waals surface area contributed by atoms with E-state index in [9.17, 15) is 22.8 Å². The minimum Gasteiger partial charge on any atom is -0.368 e. The maximum Gasteiger partial charge on any atom is 0.416 e. The minimum atomic E-state index is -4.59. The van der Waals surface area contributed by atoms with E-state index in [1.54, 1.807) is 48.5 Å². The lowest BCUT2D eigenvalue weighted by atomic mass is 9.84. The van der Waals surface area contributed by atoms with Crippen molar-refractivity contribution in [3.8, 4) is 0 Å². The lowest BCUT2D eigenvalue weighted by molar-refractivity contribution is -0.137. The van der Waals surface area contributed by atoms with Crippen LogP contribution < -0.4 is 11.1 Å². The molecule has 30 heavy (non-hydrogen) atoms. The number of rotatable bonds is 6. The van der Waals surface area contributed by atoms with E-state index in [4.69, 9.17) is 5.73 Å². The molecule has 0 heterocycles. The summed E-state index contributed by atoms with van der Waals surface area (Å²) in [5.41, 5.74) is 5.91. The van der Waals surface area contributed by atoms with Gasteiger partial charge in [-0.05, 0) is 29.3 Å². The molecule has 0 saturated heterocycles. The SMILES string of the molecule is NC(=O)[C@H](NC(=O)c1cccc(C(F)(F)F)c1)C(c1ccccc1)c1ccccc1. The highest BCUT2D eigenvalue weighted by atomic mass is 19.4. The van der Waals surface area contributed by atoms with Crippen LogP contribution in [0.25, 0.3) is 0 Å². The first-order chi connectivity index (χ1) is 14.3. The largest absolute Gasteiger partial charge is 0.416 e. The molecule has 7 heteroatoms. The molecule has 1 atom stereocenters. The van der Waals surface area contributed by atoms with Crippen LogP contribution in [0.1, 0.15) is 33.0 Å². The molecule has 0 aliphatic carbocycles. The number of nitrogens with one attached hydrogen (secondary N) is 1. The van der Waals surface area contributed by atoms with E-state index < -0.39 is 35.5 Å². The Labute approximate surface area is 171 Å². The predicted molar refractivity (Wildman–Crippen MR) is 107 cm³/mol. The number of nitrogens with two attached hydrogens (primary N) is 1. The fourth-order valence-electron chi connectivity index (χ4n) is 3.28. The number of alkyl halides is 3. The zero-order valence-electron chi connectivity index (χ0n) is 15.8. The third kappa shape index (κ3) is 4.86. The molecule has 0 fully saturated rings. The summed E-state index contributed by atoms with van der Waals surface area (Å²) in [6.07, 6.45) is -4.59. The second-order valence-corrected chi connectivity index (χ2v) is 6.73. The average molecular weight is 412 g/mol. The van der Waals surface area contributed by atoms with Crippen LogP contribution >= 0.6 is 0 Å². The van der Waals surface area contributed by atoms with Crippen molar-refractivity contribution in [1.82, 2.24) is 5.32 Å². The molecular weight excluding hydrogens is 393 g/mol. The molecule has 154 valence electrons. The monoisotopic (exact) mass is 412 g/mol. The van der Waals surface area contributed by atoms with Gasteiger partial charge in [-0.3, -0.25) is 9.59 Å². The molecule has 0 unspecified atom stereocenters. The lowest BCUT2D eigenvalue weighted by Gasteiger charge is -2.27. The van der Waals surface area contributed by atoms with E-state index >= 15 is 0 Å². The summed E-state index contributed by atoms with van der Waals surface area (Å²) >= 11 is 0. The van der Waals surface area contributed by atoms with Crippen molar-refractivity contribution in [2.45, 2.75) is 18.1 Å². The molecule has 3 aromatic rings. The number of hydrogen-bond donors (Lipinski definition) is 2. The maximum atomic E-state index is 13.0. The Bertz CT molecular complexity index is 982. The molecule has 0 saturated carbocycles. The fourth-order valence-corrected chi connectivity index (χ4v) is 3.28. The van der Waals surface area contributed by atoms with Gasteiger partial charge in [0.05, 0.1) is 5.56 Å². The van der Waals surface area contributed by atoms with Gasteiger partial charge in [-0.1, -0.05) is 66.7 Å². The molecule has 0 aliphatic heterocycles. The second-order valence-electron chi connectivity index (χ2n) is 6.73. The first-order valence-electron chi connectivity index (χ1n) is 9.14. The molecule has 3 aromatic carbocycles. The Morgan fingerprint density at radius 2 is 1.33 bits per heavy atom. The van der Waals surface area contributed by atoms with Crippen LogP contribution in [-0.2, 0) is 11.0 Å². The highest BCUT2D eigenvalue weighted by Gasteiger charge is 2.33. The van der Waals surface area contributed by atoms with Crippen LogP contribution in [0.2, 0.25) is 0 Å². The molecule has 2 amide bonds. The van der Waals surface area contributed by atoms with Crippen molar-refractivity contribution in [2.24, 2.45) is 5.73 Å². The van der Waals surface area contributed by atoms with Gasteiger partial charge in [0.1, 0.15) is 6.04 Å². The zero-order chi connectivity index (χ0) is 21.7.